The fourth-order valence-electron chi connectivity index (χ4n) is 3.39. The lowest BCUT2D eigenvalue weighted by molar-refractivity contribution is 0.324. The van der Waals surface area contributed by atoms with Crippen LogP contribution in [-0.2, 0) is 15.8 Å². The Morgan fingerprint density at radius 1 is 1.06 bits per heavy atom. The lowest BCUT2D eigenvalue weighted by Crippen LogP contribution is -2.30. The summed E-state index contributed by atoms with van der Waals surface area (Å²) < 4.78 is 58.0. The van der Waals surface area contributed by atoms with Crippen LogP contribution in [0.5, 0.6) is 17.2 Å². The van der Waals surface area contributed by atoms with E-state index in [0.717, 1.165) is 6.20 Å². The molecule has 0 aliphatic rings. The molecule has 0 spiro atoms. The Hall–Kier alpha value is -3.68. The van der Waals surface area contributed by atoms with Gasteiger partial charge in [0.25, 0.3) is 0 Å². The first-order chi connectivity index (χ1) is 17.2. The van der Waals surface area contributed by atoms with E-state index < -0.39 is 15.8 Å². The predicted molar refractivity (Wildman–Crippen MR) is 136 cm³/mol. The third-order valence-corrected chi connectivity index (χ3v) is 6.44. The largest absolute Gasteiger partial charge is 0.493 e. The van der Waals surface area contributed by atoms with Gasteiger partial charge in [0.1, 0.15) is 0 Å². The van der Waals surface area contributed by atoms with Crippen LogP contribution in [0.25, 0.3) is 0 Å². The molecule has 0 fully saturated rings. The highest BCUT2D eigenvalue weighted by Gasteiger charge is 2.18. The molecule has 0 saturated heterocycles. The third kappa shape index (κ3) is 6.50. The van der Waals surface area contributed by atoms with Crippen molar-refractivity contribution in [3.05, 3.63) is 53.5 Å². The summed E-state index contributed by atoms with van der Waals surface area (Å²) in [5.41, 5.74) is 7.49. The molecule has 11 nitrogen and oxygen atoms in total. The van der Waals surface area contributed by atoms with Crippen LogP contribution in [0.1, 0.15) is 11.1 Å². The summed E-state index contributed by atoms with van der Waals surface area (Å²) in [5, 5.41) is 5.88. The normalized spacial score (nSPS) is 11.2. The molecule has 0 radical (unpaired) electrons. The molecular formula is C23H29FN6O5S. The number of aryl methyl sites for hydroxylation is 1. The number of rotatable bonds is 12. The van der Waals surface area contributed by atoms with Crippen molar-refractivity contribution in [2.75, 3.05) is 45.1 Å². The van der Waals surface area contributed by atoms with Crippen molar-refractivity contribution in [2.24, 2.45) is 5.73 Å². The van der Waals surface area contributed by atoms with Crippen molar-refractivity contribution in [1.29, 1.82) is 0 Å². The summed E-state index contributed by atoms with van der Waals surface area (Å²) in [4.78, 5) is 8.23. The number of ether oxygens (including phenoxy) is 3. The van der Waals surface area contributed by atoms with Crippen LogP contribution in [0.2, 0.25) is 0 Å². The molecule has 0 amide bonds. The monoisotopic (exact) mass is 520 g/mol. The first-order valence-corrected chi connectivity index (χ1v) is 12.5. The Labute approximate surface area is 209 Å². The van der Waals surface area contributed by atoms with E-state index in [0.29, 0.717) is 39.8 Å². The summed E-state index contributed by atoms with van der Waals surface area (Å²) in [5.74, 6) is 0.143. The van der Waals surface area contributed by atoms with Crippen LogP contribution in [-0.4, -0.2) is 52.8 Å². The average Bonchev–Trinajstić information content (AvgIpc) is 2.86. The zero-order valence-electron chi connectivity index (χ0n) is 20.4. The zero-order chi connectivity index (χ0) is 26.3. The van der Waals surface area contributed by atoms with E-state index in [-0.39, 0.29) is 30.6 Å². The third-order valence-electron chi connectivity index (χ3n) is 5.13. The van der Waals surface area contributed by atoms with Gasteiger partial charge < -0.3 is 30.6 Å². The molecule has 0 saturated carbocycles. The maximum absolute atomic E-state index is 14.7. The highest BCUT2D eigenvalue weighted by Crippen LogP contribution is 2.40. The number of nitrogens with zero attached hydrogens (tertiary/aromatic N) is 2. The molecule has 1 aromatic heterocycles. The topological polar surface area (TPSA) is 150 Å². The molecule has 13 heteroatoms. The number of hydrogen-bond donors (Lipinski definition) is 4. The quantitative estimate of drug-likeness (QED) is 0.281. The molecule has 1 heterocycles. The molecule has 0 atom stereocenters. The maximum Gasteiger partial charge on any atom is 0.229 e. The van der Waals surface area contributed by atoms with Crippen molar-refractivity contribution < 1.29 is 27.0 Å². The van der Waals surface area contributed by atoms with Crippen molar-refractivity contribution in [2.45, 2.75) is 12.7 Å². The van der Waals surface area contributed by atoms with Gasteiger partial charge in [0.05, 0.1) is 33.3 Å². The van der Waals surface area contributed by atoms with E-state index in [1.165, 1.54) is 21.3 Å². The highest BCUT2D eigenvalue weighted by atomic mass is 32.2. The Bertz CT molecular complexity index is 1300. The summed E-state index contributed by atoms with van der Waals surface area (Å²) in [6.45, 7) is 2.06. The van der Waals surface area contributed by atoms with Gasteiger partial charge in [-0.1, -0.05) is 12.1 Å². The summed E-state index contributed by atoms with van der Waals surface area (Å²) in [6, 6.07) is 8.45. The van der Waals surface area contributed by atoms with E-state index in [9.17, 15) is 12.8 Å². The number of halogens is 1. The Kier molecular flexibility index (Phi) is 8.85. The van der Waals surface area contributed by atoms with Crippen LogP contribution in [0.4, 0.5) is 27.5 Å². The fraction of sp³-hybridized carbons (Fsp3) is 0.304. The van der Waals surface area contributed by atoms with Crippen LogP contribution in [0.3, 0.4) is 0 Å². The minimum Gasteiger partial charge on any atom is -0.493 e. The van der Waals surface area contributed by atoms with E-state index in [4.69, 9.17) is 19.9 Å². The SMILES string of the molecule is COc1cc(Nc2ncc(F)c(Nc3cccc(C)c3CS(=O)(=O)NCCN)n2)cc(OC)c1OC. The molecule has 0 unspecified atom stereocenters. The van der Waals surface area contributed by atoms with Gasteiger partial charge in [-0.3, -0.25) is 0 Å². The number of nitrogens with one attached hydrogen (secondary N) is 3. The van der Waals surface area contributed by atoms with Gasteiger partial charge in [0, 0.05) is 36.6 Å². The predicted octanol–water partition coefficient (Wildman–Crippen LogP) is 2.82. The van der Waals surface area contributed by atoms with Gasteiger partial charge in [-0.15, -0.1) is 0 Å². The standard InChI is InChI=1S/C23H29FN6O5S/c1-14-6-5-7-18(16(14)13-36(31,32)27-9-8-25)29-22-17(24)12-26-23(30-22)28-15-10-19(33-2)21(35-4)20(11-15)34-3/h5-7,10-12,27H,8-9,13,25H2,1-4H3,(H2,26,28,29,30). The van der Waals surface area contributed by atoms with Crippen molar-refractivity contribution >= 4 is 33.2 Å². The number of benzene rings is 2. The van der Waals surface area contributed by atoms with Crippen molar-refractivity contribution in [3.8, 4) is 17.2 Å². The van der Waals surface area contributed by atoms with Gasteiger partial charge in [-0.25, -0.2) is 22.5 Å². The van der Waals surface area contributed by atoms with Crippen molar-refractivity contribution in [3.63, 3.8) is 0 Å². The van der Waals surface area contributed by atoms with Gasteiger partial charge in [0.2, 0.25) is 21.7 Å². The van der Waals surface area contributed by atoms with Gasteiger partial charge >= 0.3 is 0 Å². The molecular weight excluding hydrogens is 491 g/mol. The van der Waals surface area contributed by atoms with Gasteiger partial charge in [-0.2, -0.15) is 4.98 Å². The Morgan fingerprint density at radius 2 is 1.75 bits per heavy atom. The molecule has 0 aliphatic carbocycles. The molecule has 3 aromatic rings. The molecule has 194 valence electrons. The number of methoxy groups -OCH3 is 3. The van der Waals surface area contributed by atoms with Gasteiger partial charge in [-0.05, 0) is 24.1 Å². The summed E-state index contributed by atoms with van der Waals surface area (Å²) >= 11 is 0. The minimum absolute atomic E-state index is 0.0830. The lowest BCUT2D eigenvalue weighted by atomic mass is 10.1. The lowest BCUT2D eigenvalue weighted by Gasteiger charge is -2.16. The van der Waals surface area contributed by atoms with E-state index >= 15 is 0 Å². The molecule has 3 rings (SSSR count). The smallest absolute Gasteiger partial charge is 0.229 e. The number of nitrogens with two attached hydrogens (primary N) is 1. The second-order valence-electron chi connectivity index (χ2n) is 7.60. The zero-order valence-corrected chi connectivity index (χ0v) is 21.2. The number of anilines is 4. The Balaban J connectivity index is 1.91. The fourth-order valence-corrected chi connectivity index (χ4v) is 4.69. The first-order valence-electron chi connectivity index (χ1n) is 10.8. The summed E-state index contributed by atoms with van der Waals surface area (Å²) in [6.07, 6.45) is 1.00. The van der Waals surface area contributed by atoms with Gasteiger partial charge in [0.15, 0.2) is 23.1 Å². The van der Waals surface area contributed by atoms with Crippen molar-refractivity contribution in [1.82, 2.24) is 14.7 Å². The maximum atomic E-state index is 14.7. The van der Waals surface area contributed by atoms with Crippen LogP contribution >= 0.6 is 0 Å². The highest BCUT2D eigenvalue weighted by molar-refractivity contribution is 7.88. The van der Waals surface area contributed by atoms with Crippen LogP contribution < -0.4 is 35.3 Å². The minimum atomic E-state index is -3.65. The number of sulfonamides is 1. The molecule has 0 bridgehead atoms. The Morgan fingerprint density at radius 3 is 2.36 bits per heavy atom. The first kappa shape index (κ1) is 26.9. The average molecular weight is 521 g/mol. The number of aromatic nitrogens is 2. The van der Waals surface area contributed by atoms with Crippen LogP contribution in [0, 0.1) is 12.7 Å². The van der Waals surface area contributed by atoms with Crippen LogP contribution in [0.15, 0.2) is 36.5 Å². The summed E-state index contributed by atoms with van der Waals surface area (Å²) in [7, 11) is 0.816. The molecule has 36 heavy (non-hydrogen) atoms. The van der Waals surface area contributed by atoms with E-state index in [1.807, 2.05) is 0 Å². The second kappa shape index (κ2) is 11.8. The van der Waals surface area contributed by atoms with E-state index in [2.05, 4.69) is 25.3 Å². The molecule has 5 N–H and O–H groups in total. The van der Waals surface area contributed by atoms with E-state index in [1.54, 1.807) is 37.3 Å². The molecule has 0 aliphatic heterocycles. The molecule has 2 aromatic carbocycles. The second-order valence-corrected chi connectivity index (χ2v) is 9.40. The number of hydrogen-bond acceptors (Lipinski definition) is 10.